The summed E-state index contributed by atoms with van der Waals surface area (Å²) in [7, 11) is 1.49. The molecule has 0 aliphatic heterocycles. The van der Waals surface area contributed by atoms with Crippen LogP contribution in [0.25, 0.3) is 0 Å². The lowest BCUT2D eigenvalue weighted by Gasteiger charge is -2.29. The molecular formula is C14H21F3O5. The summed E-state index contributed by atoms with van der Waals surface area (Å²) in [6.07, 6.45) is -4.45. The second-order valence-electron chi connectivity index (χ2n) is 4.88. The molecule has 0 rings (SSSR count). The molecule has 0 fully saturated rings. The highest BCUT2D eigenvalue weighted by Crippen LogP contribution is 2.44. The highest BCUT2D eigenvalue weighted by atomic mass is 19.4. The maximum atomic E-state index is 13.3. The van der Waals surface area contributed by atoms with Crippen LogP contribution in [0.4, 0.5) is 13.2 Å². The van der Waals surface area contributed by atoms with Crippen LogP contribution in [-0.2, 0) is 23.9 Å². The Morgan fingerprint density at radius 1 is 0.909 bits per heavy atom. The molecule has 0 bridgehead atoms. The van der Waals surface area contributed by atoms with E-state index < -0.39 is 42.2 Å². The van der Waals surface area contributed by atoms with Crippen LogP contribution in [0, 0.1) is 5.41 Å². The maximum Gasteiger partial charge on any atom is 0.415 e. The third kappa shape index (κ3) is 4.71. The molecule has 0 unspecified atom stereocenters. The average molecular weight is 326 g/mol. The Morgan fingerprint density at radius 3 is 1.77 bits per heavy atom. The van der Waals surface area contributed by atoms with E-state index in [4.69, 9.17) is 0 Å². The van der Waals surface area contributed by atoms with Crippen LogP contribution >= 0.6 is 0 Å². The van der Waals surface area contributed by atoms with E-state index in [0.29, 0.717) is 6.42 Å². The second kappa shape index (κ2) is 8.75. The first-order valence-corrected chi connectivity index (χ1v) is 6.92. The van der Waals surface area contributed by atoms with Gasteiger partial charge in [0, 0.05) is 12.8 Å². The number of ether oxygens (including phenoxy) is 2. The molecule has 0 atom stereocenters. The predicted octanol–water partition coefficient (Wildman–Crippen LogP) is 2.81. The van der Waals surface area contributed by atoms with E-state index in [2.05, 4.69) is 9.47 Å². The maximum absolute atomic E-state index is 13.3. The van der Waals surface area contributed by atoms with Crippen LogP contribution in [0.5, 0.6) is 0 Å². The summed E-state index contributed by atoms with van der Waals surface area (Å²) in [6.45, 7) is 1.92. The second-order valence-corrected chi connectivity index (χ2v) is 4.88. The van der Waals surface area contributed by atoms with E-state index in [1.807, 2.05) is 6.92 Å². The van der Waals surface area contributed by atoms with Crippen molar-refractivity contribution in [1.29, 1.82) is 0 Å². The fourth-order valence-electron chi connectivity index (χ4n) is 2.03. The highest BCUT2D eigenvalue weighted by molar-refractivity contribution is 6.01. The Bertz CT molecular complexity index is 388. The number of hydrogen-bond acceptors (Lipinski definition) is 5. The minimum Gasteiger partial charge on any atom is -0.468 e. The molecular weight excluding hydrogens is 305 g/mol. The zero-order valence-corrected chi connectivity index (χ0v) is 12.9. The van der Waals surface area contributed by atoms with Gasteiger partial charge in [0.25, 0.3) is 5.41 Å². The molecule has 8 heteroatoms. The Balaban J connectivity index is 5.21. The lowest BCUT2D eigenvalue weighted by Crippen LogP contribution is -2.52. The highest BCUT2D eigenvalue weighted by Gasteiger charge is 2.67. The molecule has 0 N–H and O–H groups in total. The van der Waals surface area contributed by atoms with Crippen LogP contribution < -0.4 is 0 Å². The van der Waals surface area contributed by atoms with Gasteiger partial charge in [-0.15, -0.1) is 0 Å². The number of Topliss-reactive ketones (excluding diaryl/α,β-unsaturated/α-hetero) is 1. The first-order chi connectivity index (χ1) is 10.2. The van der Waals surface area contributed by atoms with Crippen molar-refractivity contribution in [3.63, 3.8) is 0 Å². The van der Waals surface area contributed by atoms with Crippen molar-refractivity contribution in [2.45, 2.75) is 51.6 Å². The number of carbonyl (C=O) groups excluding carboxylic acids is 3. The molecule has 22 heavy (non-hydrogen) atoms. The monoisotopic (exact) mass is 326 g/mol. The van der Waals surface area contributed by atoms with Crippen molar-refractivity contribution in [2.24, 2.45) is 5.41 Å². The van der Waals surface area contributed by atoms with Crippen molar-refractivity contribution in [3.8, 4) is 0 Å². The fourth-order valence-corrected chi connectivity index (χ4v) is 2.03. The van der Waals surface area contributed by atoms with E-state index in [-0.39, 0.29) is 6.42 Å². The van der Waals surface area contributed by atoms with Gasteiger partial charge in [-0.1, -0.05) is 19.8 Å². The number of halogens is 3. The molecule has 5 nitrogen and oxygen atoms in total. The van der Waals surface area contributed by atoms with E-state index in [9.17, 15) is 27.6 Å². The largest absolute Gasteiger partial charge is 0.468 e. The summed E-state index contributed by atoms with van der Waals surface area (Å²) in [4.78, 5) is 34.8. The average Bonchev–Trinajstić information content (AvgIpc) is 2.45. The van der Waals surface area contributed by atoms with Gasteiger partial charge in [0.05, 0.1) is 14.2 Å². The molecule has 128 valence electrons. The van der Waals surface area contributed by atoms with Crippen molar-refractivity contribution >= 4 is 17.7 Å². The third-order valence-electron chi connectivity index (χ3n) is 3.39. The van der Waals surface area contributed by atoms with E-state index in [1.54, 1.807) is 0 Å². The molecule has 0 amide bonds. The topological polar surface area (TPSA) is 69.7 Å². The normalized spacial score (nSPS) is 11.9. The van der Waals surface area contributed by atoms with Gasteiger partial charge in [0.1, 0.15) is 5.78 Å². The Morgan fingerprint density at radius 2 is 1.41 bits per heavy atom. The van der Waals surface area contributed by atoms with Gasteiger partial charge >= 0.3 is 18.1 Å². The van der Waals surface area contributed by atoms with Crippen molar-refractivity contribution in [1.82, 2.24) is 0 Å². The number of unbranched alkanes of at least 4 members (excludes halogenated alkanes) is 2. The summed E-state index contributed by atoms with van der Waals surface area (Å²) in [5.41, 5.74) is -3.46. The molecule has 0 aromatic rings. The summed E-state index contributed by atoms with van der Waals surface area (Å²) in [5.74, 6) is -3.98. The van der Waals surface area contributed by atoms with Gasteiger partial charge in [0.2, 0.25) is 0 Å². The van der Waals surface area contributed by atoms with Crippen molar-refractivity contribution < 1.29 is 37.0 Å². The number of hydrogen-bond donors (Lipinski definition) is 0. The SMILES string of the molecule is CCCCCC(=O)CCC(C(=O)OC)(C(=O)OC)C(F)(F)F. The minimum atomic E-state index is -5.21. The van der Waals surface area contributed by atoms with Crippen LogP contribution in [0.2, 0.25) is 0 Å². The van der Waals surface area contributed by atoms with E-state index >= 15 is 0 Å². The molecule has 0 saturated heterocycles. The standard InChI is InChI=1S/C14H21F3O5/c1-4-5-6-7-10(18)8-9-13(11(19)21-2,12(20)22-3)14(15,16)17/h4-9H2,1-3H3. The smallest absolute Gasteiger partial charge is 0.415 e. The fraction of sp³-hybridized carbons (Fsp3) is 0.786. The third-order valence-corrected chi connectivity index (χ3v) is 3.39. The number of alkyl halides is 3. The molecule has 0 aromatic carbocycles. The number of esters is 2. The van der Waals surface area contributed by atoms with Crippen LogP contribution in [0.3, 0.4) is 0 Å². The summed E-state index contributed by atoms with van der Waals surface area (Å²) < 4.78 is 48.1. The van der Waals surface area contributed by atoms with Gasteiger partial charge in [0.15, 0.2) is 0 Å². The zero-order chi connectivity index (χ0) is 17.4. The lowest BCUT2D eigenvalue weighted by atomic mass is 9.81. The number of ketones is 1. The van der Waals surface area contributed by atoms with Gasteiger partial charge < -0.3 is 9.47 Å². The first-order valence-electron chi connectivity index (χ1n) is 6.92. The zero-order valence-electron chi connectivity index (χ0n) is 12.9. The predicted molar refractivity (Wildman–Crippen MR) is 70.9 cm³/mol. The first kappa shape index (κ1) is 20.4. The van der Waals surface area contributed by atoms with Gasteiger partial charge in [-0.3, -0.25) is 14.4 Å². The Labute approximate surface area is 127 Å². The quantitative estimate of drug-likeness (QED) is 0.370. The molecule has 0 saturated carbocycles. The van der Waals surface area contributed by atoms with Crippen molar-refractivity contribution in [2.75, 3.05) is 14.2 Å². The molecule has 0 aromatic heterocycles. The van der Waals surface area contributed by atoms with Crippen molar-refractivity contribution in [3.05, 3.63) is 0 Å². The molecule has 0 spiro atoms. The van der Waals surface area contributed by atoms with Gasteiger partial charge in [-0.25, -0.2) is 0 Å². The number of methoxy groups -OCH3 is 2. The van der Waals surface area contributed by atoms with Crippen LogP contribution in [0.15, 0.2) is 0 Å². The summed E-state index contributed by atoms with van der Waals surface area (Å²) in [5, 5.41) is 0. The molecule has 0 aliphatic rings. The molecule has 0 radical (unpaired) electrons. The summed E-state index contributed by atoms with van der Waals surface area (Å²) >= 11 is 0. The number of rotatable bonds is 9. The van der Waals surface area contributed by atoms with Crippen LogP contribution in [0.1, 0.15) is 45.4 Å². The van der Waals surface area contributed by atoms with Gasteiger partial charge in [-0.2, -0.15) is 13.2 Å². The van der Waals surface area contributed by atoms with Gasteiger partial charge in [-0.05, 0) is 12.8 Å². The van der Waals surface area contributed by atoms with E-state index in [1.165, 1.54) is 0 Å². The molecule has 0 heterocycles. The minimum absolute atomic E-state index is 0.115. The van der Waals surface area contributed by atoms with E-state index in [0.717, 1.165) is 27.1 Å². The Kier molecular flexibility index (Phi) is 8.11. The van der Waals surface area contributed by atoms with Crippen LogP contribution in [-0.4, -0.2) is 38.1 Å². The lowest BCUT2D eigenvalue weighted by molar-refractivity contribution is -0.240. The summed E-state index contributed by atoms with van der Waals surface area (Å²) in [6, 6.07) is 0. The Hall–Kier alpha value is -1.60. The number of carbonyl (C=O) groups is 3. The molecule has 0 aliphatic carbocycles.